The standard InChI is InChI=1S/C13H13Cl2IN4O/c14-10-4-9(17)5-11(15)13(10)19-12(21)2-1-3-20-7-8(16)6-18-20/h4-7H,1-3,17H2,(H,19,21). The largest absolute Gasteiger partial charge is 0.399 e. The molecule has 8 heteroatoms. The molecule has 0 fully saturated rings. The molecule has 1 amide bonds. The summed E-state index contributed by atoms with van der Waals surface area (Å²) < 4.78 is 2.87. The SMILES string of the molecule is Nc1cc(Cl)c(NC(=O)CCCn2cc(I)cn2)c(Cl)c1. The number of hydrogen-bond acceptors (Lipinski definition) is 3. The first-order valence-electron chi connectivity index (χ1n) is 6.18. The first-order valence-corrected chi connectivity index (χ1v) is 8.01. The van der Waals surface area contributed by atoms with Gasteiger partial charge in [0.25, 0.3) is 0 Å². The van der Waals surface area contributed by atoms with Gasteiger partial charge in [-0.15, -0.1) is 0 Å². The third-order valence-electron chi connectivity index (χ3n) is 2.72. The van der Waals surface area contributed by atoms with Crippen molar-refractivity contribution in [2.24, 2.45) is 0 Å². The van der Waals surface area contributed by atoms with Crippen LogP contribution in [0, 0.1) is 3.57 Å². The van der Waals surface area contributed by atoms with Crippen LogP contribution in [0.1, 0.15) is 12.8 Å². The van der Waals surface area contributed by atoms with Crippen molar-refractivity contribution in [1.82, 2.24) is 9.78 Å². The van der Waals surface area contributed by atoms with Gasteiger partial charge in [0.15, 0.2) is 0 Å². The number of benzene rings is 1. The highest BCUT2D eigenvalue weighted by molar-refractivity contribution is 14.1. The number of anilines is 2. The lowest BCUT2D eigenvalue weighted by atomic mass is 10.2. The number of aryl methyl sites for hydroxylation is 1. The second kappa shape index (κ2) is 7.33. The second-order valence-electron chi connectivity index (χ2n) is 4.43. The van der Waals surface area contributed by atoms with Gasteiger partial charge in [-0.05, 0) is 41.1 Å². The summed E-state index contributed by atoms with van der Waals surface area (Å²) in [5.41, 5.74) is 6.46. The van der Waals surface area contributed by atoms with Crippen molar-refractivity contribution >= 4 is 63.1 Å². The van der Waals surface area contributed by atoms with Crippen molar-refractivity contribution in [1.29, 1.82) is 0 Å². The number of halogens is 3. The van der Waals surface area contributed by atoms with Crippen LogP contribution in [0.2, 0.25) is 10.0 Å². The number of nitrogens with one attached hydrogen (secondary N) is 1. The average molecular weight is 439 g/mol. The zero-order valence-corrected chi connectivity index (χ0v) is 14.6. The van der Waals surface area contributed by atoms with Crippen LogP contribution in [-0.4, -0.2) is 15.7 Å². The fourth-order valence-corrected chi connectivity index (χ4v) is 2.82. The van der Waals surface area contributed by atoms with Crippen LogP contribution in [0.3, 0.4) is 0 Å². The van der Waals surface area contributed by atoms with Gasteiger partial charge in [-0.25, -0.2) is 0 Å². The minimum absolute atomic E-state index is 0.148. The molecule has 112 valence electrons. The van der Waals surface area contributed by atoms with Crippen molar-refractivity contribution in [3.05, 3.63) is 38.1 Å². The number of amides is 1. The molecule has 0 unspecified atom stereocenters. The van der Waals surface area contributed by atoms with E-state index in [0.29, 0.717) is 40.8 Å². The highest BCUT2D eigenvalue weighted by Gasteiger charge is 2.11. The Balaban J connectivity index is 1.87. The van der Waals surface area contributed by atoms with E-state index in [4.69, 9.17) is 28.9 Å². The van der Waals surface area contributed by atoms with E-state index >= 15 is 0 Å². The molecule has 0 spiro atoms. The highest BCUT2D eigenvalue weighted by Crippen LogP contribution is 2.32. The molecule has 1 aromatic heterocycles. The predicted molar refractivity (Wildman–Crippen MR) is 93.7 cm³/mol. The summed E-state index contributed by atoms with van der Waals surface area (Å²) in [5, 5.41) is 7.52. The molecular formula is C13H13Cl2IN4O. The Morgan fingerprint density at radius 3 is 2.62 bits per heavy atom. The average Bonchev–Trinajstić information content (AvgIpc) is 2.79. The lowest BCUT2D eigenvalue weighted by Gasteiger charge is -2.10. The third-order valence-corrected chi connectivity index (χ3v) is 3.87. The molecule has 0 aliphatic carbocycles. The van der Waals surface area contributed by atoms with Gasteiger partial charge in [0, 0.05) is 24.8 Å². The number of carbonyl (C=O) groups excluding carboxylic acids is 1. The van der Waals surface area contributed by atoms with Crippen LogP contribution in [0.15, 0.2) is 24.5 Å². The van der Waals surface area contributed by atoms with E-state index in [1.807, 2.05) is 6.20 Å². The van der Waals surface area contributed by atoms with Gasteiger partial charge in [0.2, 0.25) is 5.91 Å². The van der Waals surface area contributed by atoms with Crippen LogP contribution in [0.4, 0.5) is 11.4 Å². The van der Waals surface area contributed by atoms with E-state index in [2.05, 4.69) is 33.0 Å². The summed E-state index contributed by atoms with van der Waals surface area (Å²) in [7, 11) is 0. The Labute approximate surface area is 145 Å². The van der Waals surface area contributed by atoms with E-state index in [1.54, 1.807) is 23.0 Å². The van der Waals surface area contributed by atoms with Crippen molar-refractivity contribution in [3.8, 4) is 0 Å². The van der Waals surface area contributed by atoms with Gasteiger partial charge in [-0.2, -0.15) is 5.10 Å². The number of hydrogen-bond donors (Lipinski definition) is 2. The van der Waals surface area contributed by atoms with Crippen molar-refractivity contribution < 1.29 is 4.79 Å². The molecule has 3 N–H and O–H groups in total. The van der Waals surface area contributed by atoms with Gasteiger partial charge in [0.1, 0.15) is 0 Å². The minimum Gasteiger partial charge on any atom is -0.399 e. The Morgan fingerprint density at radius 2 is 2.05 bits per heavy atom. The van der Waals surface area contributed by atoms with E-state index < -0.39 is 0 Å². The molecule has 2 rings (SSSR count). The van der Waals surface area contributed by atoms with E-state index in [1.165, 1.54) is 0 Å². The van der Waals surface area contributed by atoms with Crippen LogP contribution in [0.5, 0.6) is 0 Å². The summed E-state index contributed by atoms with van der Waals surface area (Å²) in [5.74, 6) is -0.148. The minimum atomic E-state index is -0.148. The number of rotatable bonds is 5. The monoisotopic (exact) mass is 438 g/mol. The maximum atomic E-state index is 11.9. The number of carbonyl (C=O) groups is 1. The summed E-state index contributed by atoms with van der Waals surface area (Å²) in [6, 6.07) is 3.10. The lowest BCUT2D eigenvalue weighted by molar-refractivity contribution is -0.116. The van der Waals surface area contributed by atoms with Crippen LogP contribution in [-0.2, 0) is 11.3 Å². The molecular weight excluding hydrogens is 426 g/mol. The first kappa shape index (κ1) is 16.4. The summed E-state index contributed by atoms with van der Waals surface area (Å²) in [4.78, 5) is 11.9. The maximum absolute atomic E-state index is 11.9. The van der Waals surface area contributed by atoms with Gasteiger partial charge in [0.05, 0.1) is 25.5 Å². The van der Waals surface area contributed by atoms with Crippen molar-refractivity contribution in [2.45, 2.75) is 19.4 Å². The molecule has 0 atom stereocenters. The Bertz CT molecular complexity index is 636. The van der Waals surface area contributed by atoms with Gasteiger partial charge in [-0.3, -0.25) is 9.48 Å². The van der Waals surface area contributed by atoms with E-state index in [-0.39, 0.29) is 5.91 Å². The van der Waals surface area contributed by atoms with Gasteiger partial charge in [-0.1, -0.05) is 23.2 Å². The van der Waals surface area contributed by atoms with Crippen LogP contribution >= 0.6 is 45.8 Å². The Hall–Kier alpha value is -0.990. The zero-order valence-electron chi connectivity index (χ0n) is 10.9. The van der Waals surface area contributed by atoms with Gasteiger partial charge < -0.3 is 11.1 Å². The Morgan fingerprint density at radius 1 is 1.38 bits per heavy atom. The molecule has 2 aromatic rings. The normalized spacial score (nSPS) is 10.6. The molecule has 1 heterocycles. The summed E-state index contributed by atoms with van der Waals surface area (Å²) in [6.45, 7) is 0.680. The molecule has 0 bridgehead atoms. The van der Waals surface area contributed by atoms with Crippen LogP contribution < -0.4 is 11.1 Å². The molecule has 0 radical (unpaired) electrons. The number of nitrogens with zero attached hydrogens (tertiary/aromatic N) is 2. The van der Waals surface area contributed by atoms with E-state index in [9.17, 15) is 4.79 Å². The second-order valence-corrected chi connectivity index (χ2v) is 6.49. The molecule has 0 saturated carbocycles. The highest BCUT2D eigenvalue weighted by atomic mass is 127. The maximum Gasteiger partial charge on any atom is 0.224 e. The zero-order chi connectivity index (χ0) is 15.4. The Kier molecular flexibility index (Phi) is 5.72. The van der Waals surface area contributed by atoms with Crippen LogP contribution in [0.25, 0.3) is 0 Å². The lowest BCUT2D eigenvalue weighted by Crippen LogP contribution is -2.13. The number of aromatic nitrogens is 2. The molecule has 0 saturated heterocycles. The third kappa shape index (κ3) is 4.76. The van der Waals surface area contributed by atoms with Gasteiger partial charge >= 0.3 is 0 Å². The van der Waals surface area contributed by atoms with Crippen molar-refractivity contribution in [3.63, 3.8) is 0 Å². The molecule has 5 nitrogen and oxygen atoms in total. The van der Waals surface area contributed by atoms with Crippen molar-refractivity contribution in [2.75, 3.05) is 11.1 Å². The fraction of sp³-hybridized carbons (Fsp3) is 0.231. The summed E-state index contributed by atoms with van der Waals surface area (Å²) >= 11 is 14.2. The number of nitrogens with two attached hydrogens (primary N) is 1. The number of nitrogen functional groups attached to an aromatic ring is 1. The quantitative estimate of drug-likeness (QED) is 0.550. The first-order chi connectivity index (χ1) is 9.95. The smallest absolute Gasteiger partial charge is 0.224 e. The summed E-state index contributed by atoms with van der Waals surface area (Å²) in [6.07, 6.45) is 4.72. The predicted octanol–water partition coefficient (Wildman–Crippen LogP) is 3.80. The molecule has 21 heavy (non-hydrogen) atoms. The molecule has 1 aromatic carbocycles. The molecule has 0 aliphatic rings. The molecule has 0 aliphatic heterocycles. The fourth-order valence-electron chi connectivity index (χ4n) is 1.78. The van der Waals surface area contributed by atoms with E-state index in [0.717, 1.165) is 3.57 Å². The topological polar surface area (TPSA) is 72.9 Å².